The number of halogens is 2. The Labute approximate surface area is 113 Å². The Hall–Kier alpha value is -2.54. The number of amides is 1. The van der Waals surface area contributed by atoms with E-state index in [0.717, 1.165) is 12.1 Å². The number of hydrogen-bond acceptors (Lipinski definition) is 4. The highest BCUT2D eigenvalue weighted by molar-refractivity contribution is 6.04. The van der Waals surface area contributed by atoms with Gasteiger partial charge in [0.2, 0.25) is 0 Å². The van der Waals surface area contributed by atoms with Gasteiger partial charge in [-0.25, -0.2) is 13.8 Å². The van der Waals surface area contributed by atoms with Crippen molar-refractivity contribution < 1.29 is 13.6 Å². The van der Waals surface area contributed by atoms with Gasteiger partial charge in [-0.15, -0.1) is 0 Å². The van der Waals surface area contributed by atoms with Gasteiger partial charge in [-0.3, -0.25) is 9.80 Å². The predicted molar refractivity (Wildman–Crippen MR) is 68.9 cm³/mol. The van der Waals surface area contributed by atoms with E-state index in [1.807, 2.05) is 0 Å². The number of allylic oxidation sites excluding steroid dienone is 2. The van der Waals surface area contributed by atoms with E-state index in [1.165, 1.54) is 17.2 Å². The number of nitrogens with two attached hydrogens (primary N) is 1. The van der Waals surface area contributed by atoms with Crippen molar-refractivity contribution in [3.63, 3.8) is 0 Å². The molecule has 3 N–H and O–H groups in total. The number of carbonyl (C=O) groups excluding carboxylic acids is 1. The highest BCUT2D eigenvalue weighted by Gasteiger charge is 2.32. The summed E-state index contributed by atoms with van der Waals surface area (Å²) in [6.45, 7) is 0. The van der Waals surface area contributed by atoms with Crippen LogP contribution in [0.25, 0.3) is 5.70 Å². The fourth-order valence-electron chi connectivity index (χ4n) is 2.08. The van der Waals surface area contributed by atoms with E-state index in [-0.39, 0.29) is 11.3 Å². The van der Waals surface area contributed by atoms with Crippen molar-refractivity contribution in [2.45, 2.75) is 6.17 Å². The summed E-state index contributed by atoms with van der Waals surface area (Å²) in [5, 5.41) is 1.34. The molecule has 0 aliphatic carbocycles. The minimum atomic E-state index is -0.953. The number of hydrazine groups is 1. The second-order valence-corrected chi connectivity index (χ2v) is 4.26. The average Bonchev–Trinajstić information content (AvgIpc) is 2.83. The van der Waals surface area contributed by atoms with Gasteiger partial charge in [-0.05, 0) is 24.3 Å². The van der Waals surface area contributed by atoms with Gasteiger partial charge in [-0.1, -0.05) is 12.1 Å². The lowest BCUT2D eigenvalue weighted by atomic mass is 10.1. The van der Waals surface area contributed by atoms with E-state index in [4.69, 9.17) is 5.73 Å². The van der Waals surface area contributed by atoms with Crippen LogP contribution in [0.15, 0.2) is 41.4 Å². The molecule has 0 bridgehead atoms. The molecule has 0 spiro atoms. The summed E-state index contributed by atoms with van der Waals surface area (Å²) in [4.78, 5) is 15.2. The van der Waals surface area contributed by atoms with Crippen molar-refractivity contribution in [3.05, 3.63) is 53.6 Å². The van der Waals surface area contributed by atoms with E-state index in [9.17, 15) is 13.6 Å². The number of amidine groups is 1. The standard InChI is InChI=1S/C13H10F2N4O/c14-7-3-1-4-8(15)11(7)9-5-2-6-10-17-13(12(16)20)18-19(9)10/h1-6,13,18H,(H2,16,20). The lowest BCUT2D eigenvalue weighted by Gasteiger charge is -2.25. The van der Waals surface area contributed by atoms with E-state index >= 15 is 0 Å². The van der Waals surface area contributed by atoms with Gasteiger partial charge in [0.25, 0.3) is 5.91 Å². The van der Waals surface area contributed by atoms with Crippen LogP contribution in [0.2, 0.25) is 0 Å². The topological polar surface area (TPSA) is 70.7 Å². The monoisotopic (exact) mass is 276 g/mol. The van der Waals surface area contributed by atoms with Gasteiger partial charge in [0.1, 0.15) is 17.5 Å². The maximum atomic E-state index is 13.9. The van der Waals surface area contributed by atoms with E-state index in [2.05, 4.69) is 10.4 Å². The molecule has 0 fully saturated rings. The molecule has 0 saturated heterocycles. The molecule has 3 rings (SSSR count). The molecular formula is C13H10F2N4O. The van der Waals surface area contributed by atoms with Crippen LogP contribution in [0.4, 0.5) is 8.78 Å². The zero-order chi connectivity index (χ0) is 14.3. The van der Waals surface area contributed by atoms with Crippen LogP contribution in [0, 0.1) is 11.6 Å². The third kappa shape index (κ3) is 1.88. The van der Waals surface area contributed by atoms with Gasteiger partial charge in [0.05, 0.1) is 11.3 Å². The van der Waals surface area contributed by atoms with Crippen molar-refractivity contribution in [3.8, 4) is 0 Å². The van der Waals surface area contributed by atoms with Crippen molar-refractivity contribution in [1.82, 2.24) is 10.4 Å². The first-order chi connectivity index (χ1) is 9.58. The summed E-state index contributed by atoms with van der Waals surface area (Å²) in [6, 6.07) is 3.61. The summed E-state index contributed by atoms with van der Waals surface area (Å²) in [5.41, 5.74) is 7.90. The van der Waals surface area contributed by atoms with Crippen LogP contribution in [0.1, 0.15) is 5.56 Å². The van der Waals surface area contributed by atoms with Crippen molar-refractivity contribution in [1.29, 1.82) is 0 Å². The normalized spacial score (nSPS) is 20.5. The van der Waals surface area contributed by atoms with E-state index in [0.29, 0.717) is 5.84 Å². The largest absolute Gasteiger partial charge is 0.367 e. The predicted octanol–water partition coefficient (Wildman–Crippen LogP) is 0.906. The highest BCUT2D eigenvalue weighted by atomic mass is 19.1. The Bertz CT molecular complexity index is 661. The first kappa shape index (κ1) is 12.5. The van der Waals surface area contributed by atoms with Crippen LogP contribution >= 0.6 is 0 Å². The molecule has 1 aromatic carbocycles. The molecule has 1 atom stereocenters. The van der Waals surface area contributed by atoms with E-state index < -0.39 is 23.7 Å². The molecular weight excluding hydrogens is 266 g/mol. The van der Waals surface area contributed by atoms with Crippen LogP contribution in [0.3, 0.4) is 0 Å². The SMILES string of the molecule is NC(=O)C1N=C2C=CC=C(c3c(F)cccc3F)N2N1. The second-order valence-electron chi connectivity index (χ2n) is 4.26. The van der Waals surface area contributed by atoms with Crippen molar-refractivity contribution in [2.24, 2.45) is 10.7 Å². The lowest BCUT2D eigenvalue weighted by molar-refractivity contribution is -0.120. The summed E-state index contributed by atoms with van der Waals surface area (Å²) < 4.78 is 27.7. The molecule has 0 aromatic heterocycles. The molecule has 1 unspecified atom stereocenters. The molecule has 5 nitrogen and oxygen atoms in total. The Morgan fingerprint density at radius 3 is 2.70 bits per heavy atom. The Morgan fingerprint density at radius 2 is 2.05 bits per heavy atom. The third-order valence-corrected chi connectivity index (χ3v) is 2.97. The summed E-state index contributed by atoms with van der Waals surface area (Å²) in [5.74, 6) is -1.70. The minimum Gasteiger partial charge on any atom is -0.367 e. The van der Waals surface area contributed by atoms with Gasteiger partial charge in [0, 0.05) is 0 Å². The number of carbonyl (C=O) groups is 1. The first-order valence-corrected chi connectivity index (χ1v) is 5.84. The zero-order valence-corrected chi connectivity index (χ0v) is 10.2. The van der Waals surface area contributed by atoms with Crippen LogP contribution in [-0.4, -0.2) is 22.9 Å². The molecule has 102 valence electrons. The Morgan fingerprint density at radius 1 is 1.35 bits per heavy atom. The molecule has 1 amide bonds. The molecule has 0 saturated carbocycles. The molecule has 2 aliphatic heterocycles. The quantitative estimate of drug-likeness (QED) is 0.843. The first-order valence-electron chi connectivity index (χ1n) is 5.84. The van der Waals surface area contributed by atoms with Crippen LogP contribution < -0.4 is 11.2 Å². The Balaban J connectivity index is 2.04. The molecule has 2 aliphatic rings. The number of primary amides is 1. The fourth-order valence-corrected chi connectivity index (χ4v) is 2.08. The van der Waals surface area contributed by atoms with Gasteiger partial charge in [0.15, 0.2) is 6.17 Å². The Kier molecular flexibility index (Phi) is 2.83. The van der Waals surface area contributed by atoms with Crippen LogP contribution in [0.5, 0.6) is 0 Å². The fraction of sp³-hybridized carbons (Fsp3) is 0.0769. The van der Waals surface area contributed by atoms with Gasteiger partial charge >= 0.3 is 0 Å². The van der Waals surface area contributed by atoms with E-state index in [1.54, 1.807) is 12.2 Å². The highest BCUT2D eigenvalue weighted by Crippen LogP contribution is 2.28. The smallest absolute Gasteiger partial charge is 0.258 e. The van der Waals surface area contributed by atoms with Crippen LogP contribution in [-0.2, 0) is 4.79 Å². The minimum absolute atomic E-state index is 0.192. The molecule has 0 radical (unpaired) electrons. The second kappa shape index (κ2) is 4.53. The molecule has 2 heterocycles. The van der Waals surface area contributed by atoms with Gasteiger partial charge in [-0.2, -0.15) is 5.43 Å². The maximum Gasteiger partial charge on any atom is 0.258 e. The molecule has 20 heavy (non-hydrogen) atoms. The summed E-state index contributed by atoms with van der Waals surface area (Å²) >= 11 is 0. The summed E-state index contributed by atoms with van der Waals surface area (Å²) in [6.07, 6.45) is 3.78. The molecule has 1 aromatic rings. The zero-order valence-electron chi connectivity index (χ0n) is 10.2. The third-order valence-electron chi connectivity index (χ3n) is 2.97. The number of nitrogens with zero attached hydrogens (tertiary/aromatic N) is 2. The number of nitrogens with one attached hydrogen (secondary N) is 1. The number of hydrogen-bond donors (Lipinski definition) is 2. The summed E-state index contributed by atoms with van der Waals surface area (Å²) in [7, 11) is 0. The number of rotatable bonds is 2. The van der Waals surface area contributed by atoms with Crippen molar-refractivity contribution in [2.75, 3.05) is 0 Å². The maximum absolute atomic E-state index is 13.9. The lowest BCUT2D eigenvalue weighted by Crippen LogP contribution is -2.44. The number of aliphatic imine (C=N–C) groups is 1. The number of fused-ring (bicyclic) bond motifs is 1. The average molecular weight is 276 g/mol. The molecule has 7 heteroatoms. The van der Waals surface area contributed by atoms with Crippen molar-refractivity contribution >= 4 is 17.4 Å². The number of benzene rings is 1. The van der Waals surface area contributed by atoms with Gasteiger partial charge < -0.3 is 5.73 Å².